The molecule has 0 saturated heterocycles. The number of hydrogen-bond donors (Lipinski definition) is 1. The summed E-state index contributed by atoms with van der Waals surface area (Å²) in [4.78, 5) is 13.0. The zero-order chi connectivity index (χ0) is 11.7. The van der Waals surface area contributed by atoms with Gasteiger partial charge in [-0.2, -0.15) is 0 Å². The fourth-order valence-corrected chi connectivity index (χ4v) is 2.91. The van der Waals surface area contributed by atoms with Crippen LogP contribution in [0.15, 0.2) is 23.6 Å². The molecule has 0 aromatic carbocycles. The van der Waals surface area contributed by atoms with Crippen molar-refractivity contribution in [2.45, 2.75) is 31.7 Å². The summed E-state index contributed by atoms with van der Waals surface area (Å²) in [6.45, 7) is 0. The number of carbonyl (C=O) groups is 1. The van der Waals surface area contributed by atoms with Crippen molar-refractivity contribution in [3.05, 3.63) is 28.5 Å². The molecule has 2 nitrogen and oxygen atoms in total. The molecule has 2 saturated carbocycles. The molecule has 0 atom stereocenters. The molecule has 0 spiro atoms. The Morgan fingerprint density at radius 2 is 2.06 bits per heavy atom. The number of amides is 1. The predicted octanol–water partition coefficient (Wildman–Crippen LogP) is 3.07. The minimum absolute atomic E-state index is 0.0715. The summed E-state index contributed by atoms with van der Waals surface area (Å²) in [5.74, 6) is 1.60. The first-order chi connectivity index (χ1) is 8.33. The summed E-state index contributed by atoms with van der Waals surface area (Å²) in [5, 5.41) is 5.20. The van der Waals surface area contributed by atoms with Crippen molar-refractivity contribution in [1.82, 2.24) is 5.32 Å². The maximum atomic E-state index is 11.8. The highest BCUT2D eigenvalue weighted by molar-refractivity contribution is 7.10. The molecular formula is C14H17NOS. The van der Waals surface area contributed by atoms with E-state index in [1.165, 1.54) is 25.7 Å². The van der Waals surface area contributed by atoms with E-state index in [-0.39, 0.29) is 5.91 Å². The Morgan fingerprint density at radius 3 is 2.59 bits per heavy atom. The topological polar surface area (TPSA) is 29.1 Å². The summed E-state index contributed by atoms with van der Waals surface area (Å²) in [6.07, 6.45) is 8.78. The summed E-state index contributed by atoms with van der Waals surface area (Å²) < 4.78 is 0. The summed E-state index contributed by atoms with van der Waals surface area (Å²) >= 11 is 1.65. The van der Waals surface area contributed by atoms with E-state index in [0.29, 0.717) is 6.04 Å². The van der Waals surface area contributed by atoms with Gasteiger partial charge in [-0.25, -0.2) is 0 Å². The van der Waals surface area contributed by atoms with E-state index < -0.39 is 0 Å². The Kier molecular flexibility index (Phi) is 3.02. The van der Waals surface area contributed by atoms with Crippen molar-refractivity contribution < 1.29 is 4.79 Å². The largest absolute Gasteiger partial charge is 0.349 e. The lowest BCUT2D eigenvalue weighted by Gasteiger charge is -2.16. The molecule has 3 rings (SSSR count). The molecule has 1 heterocycles. The van der Waals surface area contributed by atoms with E-state index in [2.05, 4.69) is 5.32 Å². The van der Waals surface area contributed by atoms with Crippen LogP contribution in [-0.2, 0) is 4.79 Å². The molecular weight excluding hydrogens is 230 g/mol. The van der Waals surface area contributed by atoms with E-state index in [1.54, 1.807) is 17.4 Å². The van der Waals surface area contributed by atoms with Crippen LogP contribution in [0.2, 0.25) is 0 Å². The van der Waals surface area contributed by atoms with E-state index in [9.17, 15) is 4.79 Å². The normalized spacial score (nSPS) is 20.1. The molecule has 3 heteroatoms. The first kappa shape index (κ1) is 11.0. The van der Waals surface area contributed by atoms with Gasteiger partial charge >= 0.3 is 0 Å². The number of hydrogen-bond acceptors (Lipinski definition) is 2. The molecule has 2 aliphatic carbocycles. The molecule has 90 valence electrons. The third kappa shape index (κ3) is 2.97. The van der Waals surface area contributed by atoms with Crippen molar-refractivity contribution in [2.24, 2.45) is 11.8 Å². The highest BCUT2D eigenvalue weighted by Gasteiger charge is 2.41. The minimum Gasteiger partial charge on any atom is -0.349 e. The van der Waals surface area contributed by atoms with Gasteiger partial charge in [-0.15, -0.1) is 11.3 Å². The standard InChI is InChI=1S/C14H17NOS/c16-13(8-7-12-2-1-9-17-12)15-14(10-3-4-10)11-5-6-11/h1-2,7-11,14H,3-6H2,(H,15,16)/b8-7+. The zero-order valence-electron chi connectivity index (χ0n) is 9.76. The van der Waals surface area contributed by atoms with E-state index in [4.69, 9.17) is 0 Å². The monoisotopic (exact) mass is 247 g/mol. The van der Waals surface area contributed by atoms with Crippen molar-refractivity contribution in [3.8, 4) is 0 Å². The van der Waals surface area contributed by atoms with Gasteiger partial charge in [-0.05, 0) is 55.0 Å². The van der Waals surface area contributed by atoms with Crippen LogP contribution in [0.1, 0.15) is 30.6 Å². The fourth-order valence-electron chi connectivity index (χ4n) is 2.29. The lowest BCUT2D eigenvalue weighted by atomic mass is 10.1. The average Bonchev–Trinajstić information content (AvgIpc) is 3.24. The predicted molar refractivity (Wildman–Crippen MR) is 70.7 cm³/mol. The molecule has 0 bridgehead atoms. The maximum Gasteiger partial charge on any atom is 0.244 e. The second kappa shape index (κ2) is 4.65. The molecule has 1 amide bonds. The molecule has 1 aromatic heterocycles. The van der Waals surface area contributed by atoms with Gasteiger partial charge < -0.3 is 5.32 Å². The van der Waals surface area contributed by atoms with Crippen molar-refractivity contribution in [3.63, 3.8) is 0 Å². The third-order valence-corrected chi connectivity index (χ3v) is 4.35. The van der Waals surface area contributed by atoms with Gasteiger partial charge in [-0.1, -0.05) is 6.07 Å². The molecule has 2 aliphatic rings. The summed E-state index contributed by atoms with van der Waals surface area (Å²) in [7, 11) is 0. The van der Waals surface area contributed by atoms with E-state index in [1.807, 2.05) is 23.6 Å². The third-order valence-electron chi connectivity index (χ3n) is 3.51. The summed E-state index contributed by atoms with van der Waals surface area (Å²) in [6, 6.07) is 4.48. The van der Waals surface area contributed by atoms with Gasteiger partial charge in [0.15, 0.2) is 0 Å². The quantitative estimate of drug-likeness (QED) is 0.796. The van der Waals surface area contributed by atoms with Crippen LogP contribution in [0, 0.1) is 11.8 Å². The highest BCUT2D eigenvalue weighted by atomic mass is 32.1. The first-order valence-electron chi connectivity index (χ1n) is 6.35. The maximum absolute atomic E-state index is 11.8. The Labute approximate surface area is 106 Å². The number of nitrogens with one attached hydrogen (secondary N) is 1. The first-order valence-corrected chi connectivity index (χ1v) is 7.23. The van der Waals surface area contributed by atoms with Gasteiger partial charge in [0, 0.05) is 17.0 Å². The fraction of sp³-hybridized carbons (Fsp3) is 0.500. The SMILES string of the molecule is O=C(/C=C/c1cccs1)NC(C1CC1)C1CC1. The second-order valence-corrected chi connectivity index (χ2v) is 6.04. The van der Waals surface area contributed by atoms with Crippen LogP contribution in [-0.4, -0.2) is 11.9 Å². The van der Waals surface area contributed by atoms with Crippen molar-refractivity contribution in [1.29, 1.82) is 0 Å². The van der Waals surface area contributed by atoms with Crippen molar-refractivity contribution >= 4 is 23.3 Å². The number of carbonyl (C=O) groups excluding carboxylic acids is 1. The molecule has 0 aliphatic heterocycles. The smallest absolute Gasteiger partial charge is 0.244 e. The molecule has 1 N–H and O–H groups in total. The minimum atomic E-state index is 0.0715. The molecule has 0 radical (unpaired) electrons. The van der Waals surface area contributed by atoms with Crippen LogP contribution < -0.4 is 5.32 Å². The Hall–Kier alpha value is -1.09. The number of thiophene rings is 1. The van der Waals surface area contributed by atoms with Gasteiger partial charge in [-0.3, -0.25) is 4.79 Å². The second-order valence-electron chi connectivity index (χ2n) is 5.06. The van der Waals surface area contributed by atoms with E-state index in [0.717, 1.165) is 16.7 Å². The van der Waals surface area contributed by atoms with Gasteiger partial charge in [0.2, 0.25) is 5.91 Å². The Balaban J connectivity index is 1.55. The number of rotatable bonds is 5. The van der Waals surface area contributed by atoms with Crippen LogP contribution in [0.4, 0.5) is 0 Å². The van der Waals surface area contributed by atoms with Crippen LogP contribution in [0.25, 0.3) is 6.08 Å². The Morgan fingerprint density at radius 1 is 1.35 bits per heavy atom. The Bertz CT molecular complexity index is 403. The van der Waals surface area contributed by atoms with Crippen molar-refractivity contribution in [2.75, 3.05) is 0 Å². The van der Waals surface area contributed by atoms with E-state index >= 15 is 0 Å². The van der Waals surface area contributed by atoms with Gasteiger partial charge in [0.25, 0.3) is 0 Å². The van der Waals surface area contributed by atoms with Gasteiger partial charge in [0.05, 0.1) is 0 Å². The average molecular weight is 247 g/mol. The van der Waals surface area contributed by atoms with Gasteiger partial charge in [0.1, 0.15) is 0 Å². The highest BCUT2D eigenvalue weighted by Crippen LogP contribution is 2.44. The van der Waals surface area contributed by atoms with Crippen LogP contribution >= 0.6 is 11.3 Å². The molecule has 0 unspecified atom stereocenters. The lowest BCUT2D eigenvalue weighted by Crippen LogP contribution is -2.37. The zero-order valence-corrected chi connectivity index (χ0v) is 10.6. The summed E-state index contributed by atoms with van der Waals surface area (Å²) in [5.41, 5.74) is 0. The van der Waals surface area contributed by atoms with Crippen LogP contribution in [0.5, 0.6) is 0 Å². The molecule has 1 aromatic rings. The lowest BCUT2D eigenvalue weighted by molar-refractivity contribution is -0.117. The molecule has 17 heavy (non-hydrogen) atoms. The van der Waals surface area contributed by atoms with Crippen LogP contribution in [0.3, 0.4) is 0 Å². The molecule has 2 fully saturated rings.